The van der Waals surface area contributed by atoms with Crippen molar-refractivity contribution >= 4 is 49.9 Å². The first-order valence-corrected chi connectivity index (χ1v) is 16.5. The van der Waals surface area contributed by atoms with Gasteiger partial charge in [-0.2, -0.15) is 0 Å². The van der Waals surface area contributed by atoms with Gasteiger partial charge in [-0.25, -0.2) is 4.79 Å². The normalized spacial score (nSPS) is 20.0. The van der Waals surface area contributed by atoms with Gasteiger partial charge in [0.2, 0.25) is 12.1 Å². The minimum atomic E-state index is -1.80. The second-order valence-electron chi connectivity index (χ2n) is 10.8. The van der Waals surface area contributed by atoms with E-state index >= 15 is 0 Å². The predicted octanol–water partition coefficient (Wildman–Crippen LogP) is 2.50. The first-order valence-electron chi connectivity index (χ1n) is 13.3. The molecule has 1 amide bonds. The smallest absolute Gasteiger partial charge is 0.356 e. The van der Waals surface area contributed by atoms with Crippen molar-refractivity contribution < 1.29 is 42.9 Å². The fraction of sp³-hybridized carbons (Fsp3) is 0.808. The van der Waals surface area contributed by atoms with Gasteiger partial charge in [-0.1, -0.05) is 39.9 Å². The van der Waals surface area contributed by atoms with Crippen molar-refractivity contribution in [1.29, 1.82) is 0 Å². The number of aliphatic hydroxyl groups is 1. The molecule has 1 aliphatic heterocycles. The minimum Gasteiger partial charge on any atom is -0.465 e. The van der Waals surface area contributed by atoms with Crippen molar-refractivity contribution in [3.05, 3.63) is 0 Å². The summed E-state index contributed by atoms with van der Waals surface area (Å²) in [5.74, 6) is -5.48. The van der Waals surface area contributed by atoms with Gasteiger partial charge in [-0.15, -0.1) is 0 Å². The molecule has 1 saturated heterocycles. The monoisotopic (exact) mass is 575 g/mol. The van der Waals surface area contributed by atoms with E-state index in [2.05, 4.69) is 0 Å². The third kappa shape index (κ3) is 8.55. The topological polar surface area (TPSA) is 129 Å². The fourth-order valence-electron chi connectivity index (χ4n) is 4.65. The molecule has 0 aromatic rings. The summed E-state index contributed by atoms with van der Waals surface area (Å²) in [5.41, 5.74) is -0.345. The lowest BCUT2D eigenvalue weighted by Gasteiger charge is -2.56. The number of aliphatic hydroxyl groups excluding tert-OH is 1. The van der Waals surface area contributed by atoms with Gasteiger partial charge < -0.3 is 28.6 Å². The summed E-state index contributed by atoms with van der Waals surface area (Å²) in [5, 5.41) is 10.8. The average Bonchev–Trinajstić information content (AvgIpc) is 2.81. The molecule has 1 rings (SSSR count). The zero-order valence-corrected chi connectivity index (χ0v) is 26.1. The molecule has 12 heteroatoms. The van der Waals surface area contributed by atoms with Crippen LogP contribution in [0.4, 0.5) is 0 Å². The number of rotatable bonds is 15. The average molecular weight is 576 g/mol. The Balaban J connectivity index is 3.41. The van der Waals surface area contributed by atoms with Gasteiger partial charge in [0.15, 0.2) is 15.0 Å². The van der Waals surface area contributed by atoms with Crippen molar-refractivity contribution in [2.75, 3.05) is 26.4 Å². The number of hydrogen-bond donors (Lipinski definition) is 1. The first-order chi connectivity index (χ1) is 17.6. The number of nitrogens with zero attached hydrogens (tertiary/aromatic N) is 1. The second kappa shape index (κ2) is 15.0. The highest BCUT2D eigenvalue weighted by atomic mass is 32.1. The summed E-state index contributed by atoms with van der Waals surface area (Å²) in [7, 11) is -1.41. The van der Waals surface area contributed by atoms with E-state index in [0.29, 0.717) is 11.5 Å². The molecule has 218 valence electrons. The molecule has 0 bridgehead atoms. The Kier molecular flexibility index (Phi) is 13.5. The summed E-state index contributed by atoms with van der Waals surface area (Å²) in [6.45, 7) is 17.3. The highest BCUT2D eigenvalue weighted by Gasteiger charge is 2.59. The van der Waals surface area contributed by atoms with Crippen molar-refractivity contribution in [1.82, 2.24) is 4.90 Å². The fourth-order valence-corrected chi connectivity index (χ4v) is 5.54. The molecule has 38 heavy (non-hydrogen) atoms. The first kappa shape index (κ1) is 34.1. The molecular formula is C26H45NO9SSi. The number of esters is 3. The van der Waals surface area contributed by atoms with Crippen LogP contribution in [-0.2, 0) is 37.8 Å². The summed E-state index contributed by atoms with van der Waals surface area (Å²) in [6.07, 6.45) is -1.94. The van der Waals surface area contributed by atoms with Crippen LogP contribution in [0.2, 0.25) is 13.1 Å². The molecule has 1 unspecified atom stereocenters. The molecule has 1 fully saturated rings. The molecule has 5 atom stereocenters. The maximum Gasteiger partial charge on any atom is 0.356 e. The molecule has 0 aromatic carbocycles. The molecular weight excluding hydrogens is 530 g/mol. The Morgan fingerprint density at radius 3 is 1.89 bits per heavy atom. The number of amides is 1. The number of likely N-dealkylation sites (tertiary alicyclic amines) is 1. The highest BCUT2D eigenvalue weighted by molar-refractivity contribution is 7.80. The SMILES string of the molecule is CCOC(=O)C(CC(=S)[C@H](C)[C@@H]1[C@H]([C@@H](CO[SiH](C)C)C(C)(C)C)C(=O)N1C(O)C(=O)OCC)C(=O)OCC. The van der Waals surface area contributed by atoms with Crippen molar-refractivity contribution in [3.8, 4) is 0 Å². The van der Waals surface area contributed by atoms with Crippen LogP contribution in [0.25, 0.3) is 0 Å². The van der Waals surface area contributed by atoms with Crippen molar-refractivity contribution in [3.63, 3.8) is 0 Å². The lowest BCUT2D eigenvalue weighted by Crippen LogP contribution is -2.72. The third-order valence-corrected chi connectivity index (χ3v) is 8.11. The van der Waals surface area contributed by atoms with Crippen LogP contribution in [0.15, 0.2) is 0 Å². The van der Waals surface area contributed by atoms with Gasteiger partial charge in [0.1, 0.15) is 0 Å². The van der Waals surface area contributed by atoms with Gasteiger partial charge in [0, 0.05) is 18.9 Å². The van der Waals surface area contributed by atoms with Gasteiger partial charge in [0.05, 0.1) is 31.8 Å². The van der Waals surface area contributed by atoms with E-state index in [1.807, 2.05) is 33.9 Å². The standard InChI is InChI=1S/C26H45NO9SSi/c1-10-33-23(30)16(24(31)34-11-2)13-18(37)15(4)20-19(17(26(5,6)7)14-36-38(8)9)21(28)27(20)22(29)25(32)35-12-3/h15-17,19-20,22,29,38H,10-14H2,1-9H3/t15-,17+,19-,20+,22?/m0/s1. The quantitative estimate of drug-likeness (QED) is 0.0777. The molecule has 10 nitrogen and oxygen atoms in total. The van der Waals surface area contributed by atoms with Crippen LogP contribution in [0.1, 0.15) is 54.9 Å². The van der Waals surface area contributed by atoms with Crippen LogP contribution in [0.3, 0.4) is 0 Å². The van der Waals surface area contributed by atoms with Crippen LogP contribution in [-0.4, -0.2) is 86.4 Å². The van der Waals surface area contributed by atoms with Gasteiger partial charge >= 0.3 is 17.9 Å². The van der Waals surface area contributed by atoms with Crippen LogP contribution < -0.4 is 0 Å². The van der Waals surface area contributed by atoms with E-state index in [1.54, 1.807) is 27.7 Å². The lowest BCUT2D eigenvalue weighted by atomic mass is 9.63. The van der Waals surface area contributed by atoms with Gasteiger partial charge in [-0.3, -0.25) is 14.4 Å². The van der Waals surface area contributed by atoms with Crippen LogP contribution in [0, 0.1) is 29.1 Å². The Hall–Kier alpha value is -1.89. The van der Waals surface area contributed by atoms with E-state index in [0.717, 1.165) is 4.90 Å². The summed E-state index contributed by atoms with van der Waals surface area (Å²) < 4.78 is 21.1. The summed E-state index contributed by atoms with van der Waals surface area (Å²) in [6, 6.07) is -0.680. The predicted molar refractivity (Wildman–Crippen MR) is 148 cm³/mol. The number of thiocarbonyl (C=S) groups is 1. The number of β-lactam (4-membered cyclic amide) rings is 1. The zero-order chi connectivity index (χ0) is 29.4. The molecule has 0 radical (unpaired) electrons. The van der Waals surface area contributed by atoms with Crippen LogP contribution >= 0.6 is 12.2 Å². The minimum absolute atomic E-state index is 0.0399. The van der Waals surface area contributed by atoms with E-state index in [-0.39, 0.29) is 37.6 Å². The molecule has 0 spiro atoms. The highest BCUT2D eigenvalue weighted by Crippen LogP contribution is 2.46. The van der Waals surface area contributed by atoms with E-state index in [1.165, 1.54) is 0 Å². The number of ether oxygens (including phenoxy) is 3. The van der Waals surface area contributed by atoms with E-state index < -0.39 is 62.9 Å². The largest absolute Gasteiger partial charge is 0.465 e. The van der Waals surface area contributed by atoms with Crippen LogP contribution in [0.5, 0.6) is 0 Å². The van der Waals surface area contributed by atoms with Gasteiger partial charge in [-0.05, 0) is 50.1 Å². The number of hydrogen-bond acceptors (Lipinski definition) is 10. The molecule has 1 heterocycles. The molecule has 1 aliphatic rings. The summed E-state index contributed by atoms with van der Waals surface area (Å²) >= 11 is 5.69. The zero-order valence-electron chi connectivity index (χ0n) is 24.1. The Morgan fingerprint density at radius 2 is 1.47 bits per heavy atom. The van der Waals surface area contributed by atoms with Crippen molar-refractivity contribution in [2.45, 2.75) is 80.3 Å². The lowest BCUT2D eigenvalue weighted by molar-refractivity contribution is -0.200. The summed E-state index contributed by atoms with van der Waals surface area (Å²) in [4.78, 5) is 52.5. The number of carbonyl (C=O) groups is 4. The molecule has 0 aromatic heterocycles. The van der Waals surface area contributed by atoms with E-state index in [9.17, 15) is 24.3 Å². The Bertz CT molecular complexity index is 842. The van der Waals surface area contributed by atoms with Crippen molar-refractivity contribution in [2.24, 2.45) is 29.1 Å². The molecule has 0 saturated carbocycles. The maximum atomic E-state index is 13.5. The Labute approximate surface area is 233 Å². The van der Waals surface area contributed by atoms with Gasteiger partial charge in [0.25, 0.3) is 0 Å². The maximum absolute atomic E-state index is 13.5. The molecule has 1 N–H and O–H groups in total. The number of carbonyl (C=O) groups excluding carboxylic acids is 4. The Morgan fingerprint density at radius 1 is 1.00 bits per heavy atom. The molecule has 0 aliphatic carbocycles. The second-order valence-corrected chi connectivity index (χ2v) is 13.7. The third-order valence-electron chi connectivity index (χ3n) is 6.71. The van der Waals surface area contributed by atoms with E-state index in [4.69, 9.17) is 30.9 Å².